The Kier molecular flexibility index (Phi) is 2.25. The number of hydrogen-bond acceptors (Lipinski definition) is 3. The zero-order chi connectivity index (χ0) is 9.64. The molecule has 2 rings (SSSR count). The quantitative estimate of drug-likeness (QED) is 0.640. The minimum Gasteiger partial charge on any atom is -0.344 e. The van der Waals surface area contributed by atoms with Gasteiger partial charge in [0.2, 0.25) is 0 Å². The van der Waals surface area contributed by atoms with Crippen LogP contribution >= 0.6 is 0 Å². The molecule has 0 aromatic heterocycles. The van der Waals surface area contributed by atoms with Crippen molar-refractivity contribution < 1.29 is 13.7 Å². The molecule has 76 valence electrons. The summed E-state index contributed by atoms with van der Waals surface area (Å²) in [6.45, 7) is 5.89. The van der Waals surface area contributed by atoms with Gasteiger partial charge in [-0.25, -0.2) is 0 Å². The predicted octanol–water partition coefficient (Wildman–Crippen LogP) is 1.05. The summed E-state index contributed by atoms with van der Waals surface area (Å²) < 4.78 is 23.0. The van der Waals surface area contributed by atoms with Crippen molar-refractivity contribution in [1.82, 2.24) is 0 Å². The van der Waals surface area contributed by atoms with Crippen molar-refractivity contribution in [2.75, 3.05) is 5.75 Å². The molecule has 2 fully saturated rings. The SMILES string of the molecule is CC[C@@H]1[C@H]2OC(C)(C)O[C@H]2CS1=O. The summed E-state index contributed by atoms with van der Waals surface area (Å²) in [6, 6.07) is 0. The topological polar surface area (TPSA) is 35.5 Å². The van der Waals surface area contributed by atoms with Gasteiger partial charge in [0.1, 0.15) is 6.10 Å². The van der Waals surface area contributed by atoms with E-state index in [1.807, 2.05) is 13.8 Å². The molecule has 2 saturated heterocycles. The van der Waals surface area contributed by atoms with Crippen LogP contribution in [0.15, 0.2) is 0 Å². The Morgan fingerprint density at radius 2 is 2.15 bits per heavy atom. The van der Waals surface area contributed by atoms with E-state index in [-0.39, 0.29) is 17.5 Å². The second-order valence-corrected chi connectivity index (χ2v) is 5.83. The molecule has 0 bridgehead atoms. The molecule has 0 aromatic rings. The summed E-state index contributed by atoms with van der Waals surface area (Å²) in [5.74, 6) is 0.167. The van der Waals surface area contributed by atoms with E-state index in [1.54, 1.807) is 0 Å². The van der Waals surface area contributed by atoms with Crippen LogP contribution in [0.2, 0.25) is 0 Å². The molecule has 0 N–H and O–H groups in total. The molecular formula is C9H16O3S. The maximum absolute atomic E-state index is 11.6. The minimum atomic E-state index is -0.753. The molecule has 2 aliphatic rings. The minimum absolute atomic E-state index is 0.0563. The van der Waals surface area contributed by atoms with E-state index in [2.05, 4.69) is 6.92 Å². The first-order chi connectivity index (χ1) is 6.03. The van der Waals surface area contributed by atoms with Crippen molar-refractivity contribution in [2.45, 2.75) is 50.4 Å². The Morgan fingerprint density at radius 1 is 1.46 bits per heavy atom. The highest BCUT2D eigenvalue weighted by Gasteiger charge is 2.51. The van der Waals surface area contributed by atoms with Crippen molar-refractivity contribution in [2.24, 2.45) is 0 Å². The monoisotopic (exact) mass is 204 g/mol. The number of fused-ring (bicyclic) bond motifs is 1. The van der Waals surface area contributed by atoms with E-state index < -0.39 is 16.6 Å². The lowest BCUT2D eigenvalue weighted by Crippen LogP contribution is -2.29. The van der Waals surface area contributed by atoms with Gasteiger partial charge >= 0.3 is 0 Å². The van der Waals surface area contributed by atoms with Crippen LogP contribution in [0.5, 0.6) is 0 Å². The molecule has 1 unspecified atom stereocenters. The maximum atomic E-state index is 11.6. The molecule has 0 radical (unpaired) electrons. The number of ether oxygens (including phenoxy) is 2. The van der Waals surface area contributed by atoms with Gasteiger partial charge in [0.25, 0.3) is 0 Å². The Labute approximate surface area is 81.2 Å². The zero-order valence-electron chi connectivity index (χ0n) is 8.28. The predicted molar refractivity (Wildman–Crippen MR) is 50.9 cm³/mol. The molecule has 13 heavy (non-hydrogen) atoms. The molecule has 3 nitrogen and oxygen atoms in total. The van der Waals surface area contributed by atoms with E-state index >= 15 is 0 Å². The maximum Gasteiger partial charge on any atom is 0.163 e. The third-order valence-corrected chi connectivity index (χ3v) is 4.59. The van der Waals surface area contributed by atoms with Crippen LogP contribution < -0.4 is 0 Å². The van der Waals surface area contributed by atoms with Crippen LogP contribution in [0, 0.1) is 0 Å². The van der Waals surface area contributed by atoms with Gasteiger partial charge in [0.15, 0.2) is 5.79 Å². The van der Waals surface area contributed by atoms with Gasteiger partial charge in [-0.1, -0.05) is 6.92 Å². The summed E-state index contributed by atoms with van der Waals surface area (Å²) in [5.41, 5.74) is 0. The summed E-state index contributed by atoms with van der Waals surface area (Å²) in [5, 5.41) is 0.173. The smallest absolute Gasteiger partial charge is 0.163 e. The molecule has 0 aliphatic carbocycles. The lowest BCUT2D eigenvalue weighted by molar-refractivity contribution is -0.145. The highest BCUT2D eigenvalue weighted by atomic mass is 32.2. The van der Waals surface area contributed by atoms with Crippen LogP contribution in [-0.4, -0.2) is 33.2 Å². The fourth-order valence-corrected chi connectivity index (χ4v) is 3.89. The fourth-order valence-electron chi connectivity index (χ4n) is 2.16. The van der Waals surface area contributed by atoms with E-state index in [1.165, 1.54) is 0 Å². The van der Waals surface area contributed by atoms with Gasteiger partial charge in [-0.05, 0) is 20.3 Å². The normalized spacial score (nSPS) is 47.9. The molecule has 0 saturated carbocycles. The summed E-state index contributed by atoms with van der Waals surface area (Å²) in [6.07, 6.45) is 1.02. The van der Waals surface area contributed by atoms with Gasteiger partial charge in [-0.2, -0.15) is 0 Å². The molecule has 2 heterocycles. The average Bonchev–Trinajstić information content (AvgIpc) is 2.39. The zero-order valence-corrected chi connectivity index (χ0v) is 9.10. The first-order valence-corrected chi connectivity index (χ1v) is 6.14. The summed E-state index contributed by atoms with van der Waals surface area (Å²) in [7, 11) is -0.753. The van der Waals surface area contributed by atoms with Crippen molar-refractivity contribution in [1.29, 1.82) is 0 Å². The van der Waals surface area contributed by atoms with Crippen LogP contribution in [0.3, 0.4) is 0 Å². The Balaban J connectivity index is 2.15. The molecule has 2 aliphatic heterocycles. The first-order valence-electron chi connectivity index (χ1n) is 4.76. The molecule has 0 spiro atoms. The second kappa shape index (κ2) is 3.04. The molecule has 4 heteroatoms. The summed E-state index contributed by atoms with van der Waals surface area (Å²) >= 11 is 0. The van der Waals surface area contributed by atoms with E-state index in [9.17, 15) is 4.21 Å². The molecule has 0 amide bonds. The van der Waals surface area contributed by atoms with Gasteiger partial charge in [0.05, 0.1) is 17.1 Å². The van der Waals surface area contributed by atoms with Crippen LogP contribution in [0.1, 0.15) is 27.2 Å². The average molecular weight is 204 g/mol. The van der Waals surface area contributed by atoms with Crippen LogP contribution in [0.25, 0.3) is 0 Å². The summed E-state index contributed by atoms with van der Waals surface area (Å²) in [4.78, 5) is 0. The van der Waals surface area contributed by atoms with E-state index in [4.69, 9.17) is 9.47 Å². The first kappa shape index (κ1) is 9.62. The molecule has 4 atom stereocenters. The third-order valence-electron chi connectivity index (χ3n) is 2.66. The highest BCUT2D eigenvalue weighted by Crippen LogP contribution is 2.37. The van der Waals surface area contributed by atoms with Crippen LogP contribution in [0.4, 0.5) is 0 Å². The van der Waals surface area contributed by atoms with Crippen molar-refractivity contribution in [3.8, 4) is 0 Å². The van der Waals surface area contributed by atoms with E-state index in [0.717, 1.165) is 6.42 Å². The Bertz CT molecular complexity index is 239. The molecule has 0 aromatic carbocycles. The standard InChI is InChI=1S/C9H16O3S/c1-4-7-8-6(5-13(7)10)11-9(2,3)12-8/h6-8H,4-5H2,1-3H3/t6-,7+,8-,13?/m0/s1. The largest absolute Gasteiger partial charge is 0.344 e. The lowest BCUT2D eigenvalue weighted by Gasteiger charge is -2.20. The third kappa shape index (κ3) is 1.55. The molecular weight excluding hydrogens is 188 g/mol. The Hall–Kier alpha value is 0.0700. The van der Waals surface area contributed by atoms with E-state index in [0.29, 0.717) is 5.75 Å². The van der Waals surface area contributed by atoms with Gasteiger partial charge in [-0.3, -0.25) is 4.21 Å². The Morgan fingerprint density at radius 3 is 2.77 bits per heavy atom. The van der Waals surface area contributed by atoms with Crippen LogP contribution in [-0.2, 0) is 20.3 Å². The van der Waals surface area contributed by atoms with Crippen molar-refractivity contribution in [3.63, 3.8) is 0 Å². The van der Waals surface area contributed by atoms with Crippen molar-refractivity contribution in [3.05, 3.63) is 0 Å². The fraction of sp³-hybridized carbons (Fsp3) is 1.00. The lowest BCUT2D eigenvalue weighted by atomic mass is 10.1. The second-order valence-electron chi connectivity index (χ2n) is 4.13. The number of hydrogen-bond donors (Lipinski definition) is 0. The van der Waals surface area contributed by atoms with Crippen molar-refractivity contribution >= 4 is 10.8 Å². The number of rotatable bonds is 1. The highest BCUT2D eigenvalue weighted by molar-refractivity contribution is 7.86. The van der Waals surface area contributed by atoms with Gasteiger partial charge in [0, 0.05) is 10.8 Å². The van der Waals surface area contributed by atoms with Gasteiger partial charge < -0.3 is 9.47 Å². The van der Waals surface area contributed by atoms with Gasteiger partial charge in [-0.15, -0.1) is 0 Å².